The van der Waals surface area contributed by atoms with E-state index >= 15 is 0 Å². The number of tetrazole rings is 1. The zero-order chi connectivity index (χ0) is 14.7. The number of benzene rings is 1. The van der Waals surface area contributed by atoms with E-state index in [1.54, 1.807) is 6.07 Å². The van der Waals surface area contributed by atoms with Crippen LogP contribution in [0.25, 0.3) is 5.57 Å². The molecule has 0 saturated carbocycles. The fraction of sp³-hybridized carbons (Fsp3) is 0. The maximum Gasteiger partial charge on any atom is 0.216 e. The van der Waals surface area contributed by atoms with Crippen LogP contribution in [0.2, 0.25) is 10.0 Å². The van der Waals surface area contributed by atoms with Gasteiger partial charge in [0.25, 0.3) is 0 Å². The van der Waals surface area contributed by atoms with E-state index in [2.05, 4.69) is 25.9 Å². The van der Waals surface area contributed by atoms with Crippen molar-refractivity contribution in [1.29, 1.82) is 5.26 Å². The van der Waals surface area contributed by atoms with E-state index in [0.29, 0.717) is 0 Å². The third-order valence-corrected chi connectivity index (χ3v) is 2.90. The average Bonchev–Trinajstić information content (AvgIpc) is 2.96. The number of nitriles is 1. The first kappa shape index (κ1) is 14.2. The quantitative estimate of drug-likeness (QED) is 0.516. The normalized spacial score (nSPS) is 11.2. The zero-order valence-electron chi connectivity index (χ0n) is 9.46. The van der Waals surface area contributed by atoms with Crippen molar-refractivity contribution >= 4 is 34.5 Å². The van der Waals surface area contributed by atoms with Crippen LogP contribution in [-0.4, -0.2) is 20.6 Å². The first-order valence-corrected chi connectivity index (χ1v) is 5.73. The van der Waals surface area contributed by atoms with Crippen molar-refractivity contribution in [3.05, 3.63) is 39.8 Å². The molecular weight excluding hydrogens is 313 g/mol. The number of hydrogen-bond donors (Lipinski definition) is 2. The molecule has 1 heterocycles. The molecule has 10 heteroatoms. The molecule has 0 amide bonds. The van der Waals surface area contributed by atoms with Crippen LogP contribution in [0.1, 0.15) is 5.82 Å². The topological polar surface area (TPSA) is 90.3 Å². The highest BCUT2D eigenvalue weighted by Gasteiger charge is 2.15. The molecule has 0 aliphatic rings. The fourth-order valence-electron chi connectivity index (χ4n) is 1.25. The summed E-state index contributed by atoms with van der Waals surface area (Å²) < 4.78 is 26.8. The van der Waals surface area contributed by atoms with E-state index in [1.807, 2.05) is 0 Å². The Morgan fingerprint density at radius 1 is 1.40 bits per heavy atom. The summed E-state index contributed by atoms with van der Waals surface area (Å²) in [6.07, 6.45) is 1.14. The molecule has 2 rings (SSSR count). The standard InChI is InChI=1S/C10H4Cl2F2N6/c11-7-5(13)1-6(8(12)9(7)14)16-3-4(2-15)10-17-19-20-18-10/h1,3,16H,(H,17,18,19,20). The minimum absolute atomic E-state index is 0.00872. The Hall–Kier alpha value is -2.24. The average molecular weight is 317 g/mol. The van der Waals surface area contributed by atoms with Crippen molar-refractivity contribution in [2.24, 2.45) is 0 Å². The minimum Gasteiger partial charge on any atom is -0.359 e. The lowest BCUT2D eigenvalue weighted by Gasteiger charge is -2.07. The first-order chi connectivity index (χ1) is 9.54. The second kappa shape index (κ2) is 5.81. The summed E-state index contributed by atoms with van der Waals surface area (Å²) in [7, 11) is 0. The van der Waals surface area contributed by atoms with Gasteiger partial charge in [-0.3, -0.25) is 0 Å². The van der Waals surface area contributed by atoms with Gasteiger partial charge in [0.05, 0.1) is 5.69 Å². The Bertz CT molecular complexity index is 708. The molecule has 0 radical (unpaired) electrons. The second-order valence-electron chi connectivity index (χ2n) is 3.40. The number of allylic oxidation sites excluding steroid dienone is 1. The molecule has 0 unspecified atom stereocenters. The van der Waals surface area contributed by atoms with Gasteiger partial charge in [0.1, 0.15) is 27.5 Å². The van der Waals surface area contributed by atoms with Crippen LogP contribution < -0.4 is 5.32 Å². The molecule has 102 valence electrons. The first-order valence-electron chi connectivity index (χ1n) is 4.98. The lowest BCUT2D eigenvalue weighted by molar-refractivity contribution is 0.585. The van der Waals surface area contributed by atoms with Gasteiger partial charge in [0, 0.05) is 12.3 Å². The van der Waals surface area contributed by atoms with Crippen molar-refractivity contribution in [1.82, 2.24) is 20.6 Å². The number of hydrogen-bond acceptors (Lipinski definition) is 5. The van der Waals surface area contributed by atoms with E-state index in [4.69, 9.17) is 28.5 Å². The zero-order valence-corrected chi connectivity index (χ0v) is 11.0. The SMILES string of the molecule is N#CC(=CNc1cc(F)c(Cl)c(F)c1Cl)c1nn[nH]n1. The Labute approximate surface area is 121 Å². The third kappa shape index (κ3) is 2.68. The highest BCUT2D eigenvalue weighted by Crippen LogP contribution is 2.32. The lowest BCUT2D eigenvalue weighted by atomic mass is 10.2. The maximum atomic E-state index is 13.5. The highest BCUT2D eigenvalue weighted by molar-refractivity contribution is 6.36. The van der Waals surface area contributed by atoms with E-state index in [0.717, 1.165) is 12.3 Å². The van der Waals surface area contributed by atoms with Gasteiger partial charge in [0.2, 0.25) is 5.82 Å². The van der Waals surface area contributed by atoms with Gasteiger partial charge in [-0.2, -0.15) is 10.5 Å². The molecule has 0 aliphatic carbocycles. The van der Waals surface area contributed by atoms with Gasteiger partial charge in [-0.05, 0) is 5.21 Å². The van der Waals surface area contributed by atoms with Gasteiger partial charge in [-0.1, -0.05) is 23.2 Å². The van der Waals surface area contributed by atoms with Gasteiger partial charge < -0.3 is 5.32 Å². The second-order valence-corrected chi connectivity index (χ2v) is 4.15. The number of nitrogens with zero attached hydrogens (tertiary/aromatic N) is 4. The molecule has 1 aromatic heterocycles. The molecule has 0 fully saturated rings. The van der Waals surface area contributed by atoms with E-state index in [1.165, 1.54) is 0 Å². The number of H-pyrrole nitrogens is 1. The van der Waals surface area contributed by atoms with Crippen LogP contribution in [0.5, 0.6) is 0 Å². The molecule has 20 heavy (non-hydrogen) atoms. The molecule has 2 N–H and O–H groups in total. The van der Waals surface area contributed by atoms with Crippen LogP contribution in [0.15, 0.2) is 12.3 Å². The Morgan fingerprint density at radius 3 is 2.75 bits per heavy atom. The molecular formula is C10H4Cl2F2N6. The van der Waals surface area contributed by atoms with Gasteiger partial charge in [0.15, 0.2) is 5.82 Å². The fourth-order valence-corrected chi connectivity index (χ4v) is 1.65. The van der Waals surface area contributed by atoms with Crippen molar-refractivity contribution in [3.63, 3.8) is 0 Å². The summed E-state index contributed by atoms with van der Waals surface area (Å²) in [6, 6.07) is 2.69. The summed E-state index contributed by atoms with van der Waals surface area (Å²) in [5.74, 6) is -2.06. The number of nitrogens with one attached hydrogen (secondary N) is 2. The molecule has 0 aliphatic heterocycles. The summed E-state index contributed by atoms with van der Waals surface area (Å²) in [6.45, 7) is 0. The van der Waals surface area contributed by atoms with E-state index in [-0.39, 0.29) is 17.1 Å². The number of anilines is 1. The van der Waals surface area contributed by atoms with Crippen molar-refractivity contribution < 1.29 is 8.78 Å². The van der Waals surface area contributed by atoms with E-state index in [9.17, 15) is 8.78 Å². The van der Waals surface area contributed by atoms with Crippen molar-refractivity contribution in [2.75, 3.05) is 5.32 Å². The number of aromatic nitrogens is 4. The summed E-state index contributed by atoms with van der Waals surface area (Å²) in [5, 5.41) is 22.9. The summed E-state index contributed by atoms with van der Waals surface area (Å²) >= 11 is 11.0. The monoisotopic (exact) mass is 316 g/mol. The molecule has 2 aromatic rings. The van der Waals surface area contributed by atoms with Gasteiger partial charge in [-0.25, -0.2) is 8.78 Å². The molecule has 6 nitrogen and oxygen atoms in total. The predicted octanol–water partition coefficient (Wildman–Crippen LogP) is 2.76. The Morgan fingerprint density at radius 2 is 2.15 bits per heavy atom. The number of halogens is 4. The number of rotatable bonds is 3. The lowest BCUT2D eigenvalue weighted by Crippen LogP contribution is -1.97. The smallest absolute Gasteiger partial charge is 0.216 e. The molecule has 0 bridgehead atoms. The summed E-state index contributed by atoms with van der Waals surface area (Å²) in [4.78, 5) is 0. The van der Waals surface area contributed by atoms with Crippen LogP contribution in [0, 0.1) is 23.0 Å². The Balaban J connectivity index is 2.34. The number of aromatic amines is 1. The minimum atomic E-state index is -1.10. The molecule has 0 saturated heterocycles. The highest BCUT2D eigenvalue weighted by atomic mass is 35.5. The van der Waals surface area contributed by atoms with E-state index < -0.39 is 21.7 Å². The van der Waals surface area contributed by atoms with Crippen molar-refractivity contribution in [2.45, 2.75) is 0 Å². The van der Waals surface area contributed by atoms with Crippen LogP contribution in [-0.2, 0) is 0 Å². The summed E-state index contributed by atoms with van der Waals surface area (Å²) in [5.41, 5.74) is -0.104. The van der Waals surface area contributed by atoms with Gasteiger partial charge >= 0.3 is 0 Å². The molecule has 0 atom stereocenters. The Kier molecular flexibility index (Phi) is 4.12. The maximum absolute atomic E-state index is 13.5. The molecule has 1 aromatic carbocycles. The predicted molar refractivity (Wildman–Crippen MR) is 67.8 cm³/mol. The van der Waals surface area contributed by atoms with Crippen molar-refractivity contribution in [3.8, 4) is 6.07 Å². The van der Waals surface area contributed by atoms with Gasteiger partial charge in [-0.15, -0.1) is 10.2 Å². The van der Waals surface area contributed by atoms with Crippen LogP contribution in [0.3, 0.4) is 0 Å². The van der Waals surface area contributed by atoms with Crippen LogP contribution >= 0.6 is 23.2 Å². The van der Waals surface area contributed by atoms with Crippen LogP contribution in [0.4, 0.5) is 14.5 Å². The third-order valence-electron chi connectivity index (χ3n) is 2.18. The molecule has 0 spiro atoms. The largest absolute Gasteiger partial charge is 0.359 e.